The number of nitrogens with zero attached hydrogens (tertiary/aromatic N) is 3. The zero-order valence-corrected chi connectivity index (χ0v) is 21.1. The fraction of sp³-hybridized carbons (Fsp3) is 0.481. The summed E-state index contributed by atoms with van der Waals surface area (Å²) in [6.45, 7) is 4.95. The Bertz CT molecular complexity index is 1430. The van der Waals surface area contributed by atoms with Crippen LogP contribution in [-0.4, -0.2) is 84.3 Å². The fourth-order valence-corrected chi connectivity index (χ4v) is 5.61. The van der Waals surface area contributed by atoms with Crippen molar-refractivity contribution in [3.8, 4) is 11.5 Å². The summed E-state index contributed by atoms with van der Waals surface area (Å²) in [7, 11) is 0. The number of fused-ring (bicyclic) bond motifs is 2. The van der Waals surface area contributed by atoms with Crippen molar-refractivity contribution < 1.29 is 32.2 Å². The number of hydrogen-bond acceptors (Lipinski definition) is 7. The average Bonchev–Trinajstić information content (AvgIpc) is 3.65. The summed E-state index contributed by atoms with van der Waals surface area (Å²) in [4.78, 5) is 24.8. The van der Waals surface area contributed by atoms with Crippen LogP contribution in [0, 0.1) is 0 Å². The highest BCUT2D eigenvalue weighted by Crippen LogP contribution is 2.48. The van der Waals surface area contributed by atoms with Gasteiger partial charge in [0.05, 0.1) is 36.1 Å². The number of pyridine rings is 1. The smallest absolute Gasteiger partial charge is 0.418 e. The summed E-state index contributed by atoms with van der Waals surface area (Å²) in [6.07, 6.45) is -1.81. The predicted molar refractivity (Wildman–Crippen MR) is 136 cm³/mol. The molecular weight excluding hydrogens is 515 g/mol. The highest BCUT2D eigenvalue weighted by atomic mass is 19.4. The SMILES string of the molecule is O=C(c1ccc(Nc2cc(C3CC3)c3c(C(F)(F)F)c[nH]c3n2)c2c1OCCO2)N1CCN(C2COC2)CC1. The molecule has 3 aliphatic heterocycles. The third kappa shape index (κ3) is 4.45. The maximum Gasteiger partial charge on any atom is 0.418 e. The summed E-state index contributed by atoms with van der Waals surface area (Å²) in [5, 5.41) is 3.34. The number of amides is 1. The summed E-state index contributed by atoms with van der Waals surface area (Å²) in [5.41, 5.74) is 1.07. The van der Waals surface area contributed by atoms with Gasteiger partial charge in [-0.3, -0.25) is 9.69 Å². The van der Waals surface area contributed by atoms with Crippen molar-refractivity contribution in [2.24, 2.45) is 0 Å². The molecule has 1 aromatic carbocycles. The number of piperazine rings is 1. The molecule has 9 nitrogen and oxygen atoms in total. The van der Waals surface area contributed by atoms with Crippen molar-refractivity contribution in [2.75, 3.05) is 57.9 Å². The number of benzene rings is 1. The van der Waals surface area contributed by atoms with Gasteiger partial charge in [0, 0.05) is 37.8 Å². The van der Waals surface area contributed by atoms with E-state index in [1.807, 2.05) is 4.90 Å². The van der Waals surface area contributed by atoms with E-state index in [1.165, 1.54) is 0 Å². The van der Waals surface area contributed by atoms with E-state index in [0.717, 1.165) is 45.3 Å². The number of carbonyl (C=O) groups is 1. The highest BCUT2D eigenvalue weighted by Gasteiger charge is 2.38. The predicted octanol–water partition coefficient (Wildman–Crippen LogP) is 4.13. The first-order valence-electron chi connectivity index (χ1n) is 13.3. The van der Waals surface area contributed by atoms with Gasteiger partial charge < -0.3 is 29.4 Å². The van der Waals surface area contributed by atoms with Crippen LogP contribution in [0.15, 0.2) is 24.4 Å². The lowest BCUT2D eigenvalue weighted by Gasteiger charge is -2.42. The van der Waals surface area contributed by atoms with Crippen LogP contribution in [0.1, 0.15) is 40.2 Å². The third-order valence-electron chi connectivity index (χ3n) is 7.91. The molecule has 2 saturated heterocycles. The van der Waals surface area contributed by atoms with E-state index in [2.05, 4.69) is 20.2 Å². The van der Waals surface area contributed by atoms with Gasteiger partial charge in [-0.05, 0) is 42.5 Å². The minimum atomic E-state index is -4.47. The first-order valence-corrected chi connectivity index (χ1v) is 13.3. The van der Waals surface area contributed by atoms with Crippen LogP contribution in [0.4, 0.5) is 24.7 Å². The Balaban J connectivity index is 1.17. The van der Waals surface area contributed by atoms with Crippen molar-refractivity contribution in [3.63, 3.8) is 0 Å². The van der Waals surface area contributed by atoms with E-state index in [0.29, 0.717) is 66.5 Å². The van der Waals surface area contributed by atoms with Gasteiger partial charge in [-0.15, -0.1) is 0 Å². The van der Waals surface area contributed by atoms with Crippen LogP contribution in [0.2, 0.25) is 0 Å². The van der Waals surface area contributed by atoms with Crippen molar-refractivity contribution >= 4 is 28.4 Å². The van der Waals surface area contributed by atoms with Crippen molar-refractivity contribution in [3.05, 3.63) is 41.1 Å². The molecule has 0 spiro atoms. The second kappa shape index (κ2) is 9.30. The van der Waals surface area contributed by atoms with Crippen LogP contribution in [0.5, 0.6) is 11.5 Å². The lowest BCUT2D eigenvalue weighted by atomic mass is 10.0. The number of hydrogen-bond donors (Lipinski definition) is 2. The number of alkyl halides is 3. The van der Waals surface area contributed by atoms with Gasteiger partial charge in [-0.2, -0.15) is 13.2 Å². The first-order chi connectivity index (χ1) is 18.9. The van der Waals surface area contributed by atoms with Crippen LogP contribution in [0.3, 0.4) is 0 Å². The Labute approximate surface area is 222 Å². The topological polar surface area (TPSA) is 92.0 Å². The standard InChI is InChI=1S/C27H28F3N5O4/c28-27(29,30)19-12-31-25-22(19)18(15-1-2-15)11-21(33-25)32-20-4-3-17(23-24(20)39-10-9-38-23)26(36)35-7-5-34(6-8-35)16-13-37-14-16/h3-4,11-12,15-16H,1-2,5-10,13-14H2,(H2,31,32,33). The van der Waals surface area contributed by atoms with E-state index >= 15 is 0 Å². The van der Waals surface area contributed by atoms with Gasteiger partial charge >= 0.3 is 6.18 Å². The summed E-state index contributed by atoms with van der Waals surface area (Å²) >= 11 is 0. The van der Waals surface area contributed by atoms with Crippen LogP contribution < -0.4 is 14.8 Å². The van der Waals surface area contributed by atoms with Gasteiger partial charge in [-0.1, -0.05) is 0 Å². The van der Waals surface area contributed by atoms with E-state index in [4.69, 9.17) is 14.2 Å². The number of anilines is 2. The molecule has 1 amide bonds. The Morgan fingerprint density at radius 3 is 2.46 bits per heavy atom. The molecule has 5 heterocycles. The minimum absolute atomic E-state index is 0.0683. The number of aromatic nitrogens is 2. The molecule has 7 rings (SSSR count). The molecule has 0 radical (unpaired) electrons. The Kier molecular flexibility index (Phi) is 5.85. The van der Waals surface area contributed by atoms with Gasteiger partial charge in [0.2, 0.25) is 0 Å². The monoisotopic (exact) mass is 543 g/mol. The molecule has 39 heavy (non-hydrogen) atoms. The number of halogens is 3. The molecule has 0 unspecified atom stereocenters. The number of H-pyrrole nitrogens is 1. The lowest BCUT2D eigenvalue weighted by Crippen LogP contribution is -2.57. The summed E-state index contributed by atoms with van der Waals surface area (Å²) in [6, 6.07) is 5.57. The van der Waals surface area contributed by atoms with Crippen LogP contribution in [0.25, 0.3) is 11.0 Å². The molecule has 2 N–H and O–H groups in total. The average molecular weight is 544 g/mol. The molecule has 1 aliphatic carbocycles. The number of carbonyl (C=O) groups excluding carboxylic acids is 1. The number of nitrogens with one attached hydrogen (secondary N) is 2. The minimum Gasteiger partial charge on any atom is -0.485 e. The molecule has 12 heteroatoms. The maximum absolute atomic E-state index is 13.6. The highest BCUT2D eigenvalue weighted by molar-refractivity contribution is 5.99. The molecule has 3 aromatic rings. The molecule has 2 aromatic heterocycles. The molecule has 1 saturated carbocycles. The largest absolute Gasteiger partial charge is 0.485 e. The van der Waals surface area contributed by atoms with Gasteiger partial charge in [-0.25, -0.2) is 4.98 Å². The van der Waals surface area contributed by atoms with E-state index in [-0.39, 0.29) is 22.9 Å². The molecular formula is C27H28F3N5O4. The van der Waals surface area contributed by atoms with Crippen molar-refractivity contribution in [1.82, 2.24) is 19.8 Å². The van der Waals surface area contributed by atoms with Gasteiger partial charge in [0.15, 0.2) is 11.5 Å². The molecule has 0 atom stereocenters. The van der Waals surface area contributed by atoms with E-state index < -0.39 is 11.7 Å². The number of aromatic amines is 1. The normalized spacial score (nSPS) is 20.2. The van der Waals surface area contributed by atoms with E-state index in [9.17, 15) is 18.0 Å². The molecule has 3 fully saturated rings. The van der Waals surface area contributed by atoms with E-state index in [1.54, 1.807) is 18.2 Å². The Morgan fingerprint density at radius 1 is 1.05 bits per heavy atom. The van der Waals surface area contributed by atoms with Gasteiger partial charge in [0.1, 0.15) is 24.7 Å². The summed E-state index contributed by atoms with van der Waals surface area (Å²) in [5.74, 6) is 1.11. The quantitative estimate of drug-likeness (QED) is 0.500. The summed E-state index contributed by atoms with van der Waals surface area (Å²) < 4.78 is 58.0. The third-order valence-corrected chi connectivity index (χ3v) is 7.91. The first kappa shape index (κ1) is 24.5. The maximum atomic E-state index is 13.6. The molecule has 206 valence electrons. The zero-order valence-electron chi connectivity index (χ0n) is 21.1. The second-order valence-corrected chi connectivity index (χ2v) is 10.5. The fourth-order valence-electron chi connectivity index (χ4n) is 5.61. The Hall–Kier alpha value is -3.51. The lowest BCUT2D eigenvalue weighted by molar-refractivity contribution is -0.136. The molecule has 4 aliphatic rings. The van der Waals surface area contributed by atoms with Crippen LogP contribution in [-0.2, 0) is 10.9 Å². The Morgan fingerprint density at radius 2 is 1.79 bits per heavy atom. The molecule has 0 bridgehead atoms. The second-order valence-electron chi connectivity index (χ2n) is 10.5. The van der Waals surface area contributed by atoms with Crippen LogP contribution >= 0.6 is 0 Å². The number of rotatable bonds is 5. The van der Waals surface area contributed by atoms with Crippen molar-refractivity contribution in [2.45, 2.75) is 31.0 Å². The van der Waals surface area contributed by atoms with Crippen molar-refractivity contribution in [1.29, 1.82) is 0 Å². The van der Waals surface area contributed by atoms with Gasteiger partial charge in [0.25, 0.3) is 5.91 Å². The zero-order chi connectivity index (χ0) is 26.7. The number of ether oxygens (including phenoxy) is 3.